The molecule has 0 saturated heterocycles. The number of nitrogens with one attached hydrogen (secondary N) is 2. The maximum atomic E-state index is 10.8. The summed E-state index contributed by atoms with van der Waals surface area (Å²) in [7, 11) is 0. The maximum absolute atomic E-state index is 10.8. The van der Waals surface area contributed by atoms with Crippen LogP contribution in [0.4, 0.5) is 10.5 Å². The Morgan fingerprint density at radius 1 is 0.938 bits per heavy atom. The number of carbonyl (C=O) groups excluding carboxylic acids is 1. The molecule has 0 aromatic heterocycles. The second kappa shape index (κ2) is 4.49. The van der Waals surface area contributed by atoms with Crippen LogP contribution in [0.3, 0.4) is 0 Å². The zero-order valence-corrected chi connectivity index (χ0v) is 8.60. The van der Waals surface area contributed by atoms with Crippen LogP contribution in [0.15, 0.2) is 54.6 Å². The van der Waals surface area contributed by atoms with E-state index >= 15 is 0 Å². The number of rotatable bonds is 2. The molecule has 2 rings (SSSR count). The van der Waals surface area contributed by atoms with Crippen molar-refractivity contribution in [3.8, 4) is 11.1 Å². The van der Waals surface area contributed by atoms with Crippen LogP contribution in [0.25, 0.3) is 11.1 Å². The smallest absolute Gasteiger partial charge is 0.306 e. The molecule has 0 heterocycles. The van der Waals surface area contributed by atoms with E-state index in [0.717, 1.165) is 11.1 Å². The third-order valence-electron chi connectivity index (χ3n) is 2.26. The Kier molecular flexibility index (Phi) is 2.87. The SMILES string of the molecule is [NH]C(=O)Nc1ccccc1-c1ccccc1. The Bertz CT molecular complexity index is 494. The first kappa shape index (κ1) is 10.2. The van der Waals surface area contributed by atoms with Gasteiger partial charge >= 0.3 is 6.03 Å². The lowest BCUT2D eigenvalue weighted by Gasteiger charge is -2.08. The number of benzene rings is 2. The summed E-state index contributed by atoms with van der Waals surface area (Å²) in [5, 5.41) is 2.50. The highest BCUT2D eigenvalue weighted by Crippen LogP contribution is 2.27. The molecule has 2 aromatic carbocycles. The van der Waals surface area contributed by atoms with E-state index in [1.165, 1.54) is 0 Å². The average molecular weight is 211 g/mol. The minimum absolute atomic E-state index is 0.661. The molecule has 0 spiro atoms. The molecule has 2 N–H and O–H groups in total. The molecule has 1 radical (unpaired) electrons. The third kappa shape index (κ3) is 2.20. The van der Waals surface area contributed by atoms with E-state index in [1.807, 2.05) is 48.5 Å². The molecule has 0 saturated carbocycles. The van der Waals surface area contributed by atoms with Gasteiger partial charge in [0.15, 0.2) is 0 Å². The van der Waals surface area contributed by atoms with Crippen LogP contribution in [0, 0.1) is 0 Å². The van der Waals surface area contributed by atoms with Crippen molar-refractivity contribution in [1.29, 1.82) is 0 Å². The molecular weight excluding hydrogens is 200 g/mol. The minimum Gasteiger partial charge on any atom is -0.306 e. The van der Waals surface area contributed by atoms with Gasteiger partial charge < -0.3 is 5.32 Å². The number of anilines is 1. The zero-order chi connectivity index (χ0) is 11.4. The van der Waals surface area contributed by atoms with Crippen LogP contribution in [0.2, 0.25) is 0 Å². The van der Waals surface area contributed by atoms with Crippen LogP contribution in [-0.2, 0) is 0 Å². The highest BCUT2D eigenvalue weighted by molar-refractivity contribution is 5.93. The Balaban J connectivity index is 2.44. The number of hydrogen-bond donors (Lipinski definition) is 1. The molecule has 16 heavy (non-hydrogen) atoms. The third-order valence-corrected chi connectivity index (χ3v) is 2.26. The summed E-state index contributed by atoms with van der Waals surface area (Å²) in [6, 6.07) is 16.4. The number of amides is 2. The molecule has 3 heteroatoms. The molecule has 3 nitrogen and oxygen atoms in total. The summed E-state index contributed by atoms with van der Waals surface area (Å²) < 4.78 is 0. The van der Waals surface area contributed by atoms with Crippen molar-refractivity contribution >= 4 is 11.7 Å². The van der Waals surface area contributed by atoms with Crippen LogP contribution in [0.5, 0.6) is 0 Å². The van der Waals surface area contributed by atoms with Crippen LogP contribution in [-0.4, -0.2) is 6.03 Å². The van der Waals surface area contributed by atoms with Crippen molar-refractivity contribution in [2.75, 3.05) is 5.32 Å². The lowest BCUT2D eigenvalue weighted by Crippen LogP contribution is -2.10. The van der Waals surface area contributed by atoms with Gasteiger partial charge in [-0.2, -0.15) is 0 Å². The normalized spacial score (nSPS) is 9.75. The number of carbonyl (C=O) groups is 1. The average Bonchev–Trinajstić information content (AvgIpc) is 2.30. The topological polar surface area (TPSA) is 52.9 Å². The molecule has 0 atom stereocenters. The zero-order valence-electron chi connectivity index (χ0n) is 8.60. The largest absolute Gasteiger partial charge is 0.337 e. The molecule has 2 aromatic rings. The Morgan fingerprint density at radius 3 is 2.25 bits per heavy atom. The summed E-state index contributed by atoms with van der Waals surface area (Å²) in [4.78, 5) is 10.8. The van der Waals surface area contributed by atoms with Crippen molar-refractivity contribution in [1.82, 2.24) is 5.73 Å². The van der Waals surface area contributed by atoms with Gasteiger partial charge in [-0.3, -0.25) is 0 Å². The summed E-state index contributed by atoms with van der Waals surface area (Å²) in [6.07, 6.45) is 0. The van der Waals surface area contributed by atoms with E-state index in [1.54, 1.807) is 6.07 Å². The van der Waals surface area contributed by atoms with E-state index in [4.69, 9.17) is 5.73 Å². The predicted octanol–water partition coefficient (Wildman–Crippen LogP) is 3.17. The molecule has 0 aliphatic heterocycles. The molecule has 0 unspecified atom stereocenters. The Labute approximate surface area is 93.9 Å². The van der Waals surface area contributed by atoms with Gasteiger partial charge in [-0.1, -0.05) is 48.5 Å². The molecule has 0 fully saturated rings. The summed E-state index contributed by atoms with van der Waals surface area (Å²) >= 11 is 0. The van der Waals surface area contributed by atoms with Gasteiger partial charge in [-0.05, 0) is 11.6 Å². The molecule has 2 amide bonds. The quantitative estimate of drug-likeness (QED) is 0.814. The van der Waals surface area contributed by atoms with Crippen molar-refractivity contribution < 1.29 is 4.79 Å². The van der Waals surface area contributed by atoms with E-state index in [-0.39, 0.29) is 0 Å². The summed E-state index contributed by atoms with van der Waals surface area (Å²) in [5.74, 6) is 0. The molecule has 0 aliphatic rings. The highest BCUT2D eigenvalue weighted by Gasteiger charge is 2.05. The first-order chi connectivity index (χ1) is 7.77. The number of urea groups is 1. The molecule has 0 bridgehead atoms. The maximum Gasteiger partial charge on any atom is 0.337 e. The van der Waals surface area contributed by atoms with Gasteiger partial charge in [0, 0.05) is 5.56 Å². The summed E-state index contributed by atoms with van der Waals surface area (Å²) in [6.45, 7) is 0. The van der Waals surface area contributed by atoms with Crippen molar-refractivity contribution in [3.63, 3.8) is 0 Å². The van der Waals surface area contributed by atoms with Crippen molar-refractivity contribution in [3.05, 3.63) is 54.6 Å². The fraction of sp³-hybridized carbons (Fsp3) is 0. The standard InChI is InChI=1S/C13H11N2O/c14-13(16)15-12-9-5-4-8-11(12)10-6-2-1-3-7-10/h1-9,14H,(H,15,16). The first-order valence-electron chi connectivity index (χ1n) is 4.94. The minimum atomic E-state index is -0.802. The second-order valence-electron chi connectivity index (χ2n) is 3.37. The molecule has 0 aliphatic carbocycles. The molecule has 79 valence electrons. The van der Waals surface area contributed by atoms with Gasteiger partial charge in [0.25, 0.3) is 0 Å². The van der Waals surface area contributed by atoms with E-state index < -0.39 is 6.03 Å². The Hall–Kier alpha value is -2.29. The lowest BCUT2D eigenvalue weighted by atomic mass is 10.0. The van der Waals surface area contributed by atoms with E-state index in [0.29, 0.717) is 5.69 Å². The van der Waals surface area contributed by atoms with Crippen LogP contribution in [0.1, 0.15) is 0 Å². The van der Waals surface area contributed by atoms with Gasteiger partial charge in [0.2, 0.25) is 0 Å². The van der Waals surface area contributed by atoms with Gasteiger partial charge in [-0.25, -0.2) is 10.5 Å². The fourth-order valence-electron chi connectivity index (χ4n) is 1.58. The Morgan fingerprint density at radius 2 is 1.56 bits per heavy atom. The number of hydrogen-bond acceptors (Lipinski definition) is 1. The van der Waals surface area contributed by atoms with Gasteiger partial charge in [0.05, 0.1) is 5.69 Å². The second-order valence-corrected chi connectivity index (χ2v) is 3.37. The van der Waals surface area contributed by atoms with Crippen LogP contribution >= 0.6 is 0 Å². The van der Waals surface area contributed by atoms with E-state index in [2.05, 4.69) is 5.32 Å². The highest BCUT2D eigenvalue weighted by atomic mass is 16.2. The first-order valence-corrected chi connectivity index (χ1v) is 4.94. The summed E-state index contributed by atoms with van der Waals surface area (Å²) in [5.41, 5.74) is 9.53. The molecular formula is C13H11N2O. The lowest BCUT2D eigenvalue weighted by molar-refractivity contribution is 0.258. The number of para-hydroxylation sites is 1. The predicted molar refractivity (Wildman–Crippen MR) is 64.0 cm³/mol. The van der Waals surface area contributed by atoms with Gasteiger partial charge in [-0.15, -0.1) is 0 Å². The monoisotopic (exact) mass is 211 g/mol. The van der Waals surface area contributed by atoms with E-state index in [9.17, 15) is 4.79 Å². The fourth-order valence-corrected chi connectivity index (χ4v) is 1.58. The van der Waals surface area contributed by atoms with Crippen molar-refractivity contribution in [2.45, 2.75) is 0 Å². The van der Waals surface area contributed by atoms with Crippen molar-refractivity contribution in [2.24, 2.45) is 0 Å². The van der Waals surface area contributed by atoms with Crippen LogP contribution < -0.4 is 11.1 Å². The van der Waals surface area contributed by atoms with Gasteiger partial charge in [0.1, 0.15) is 0 Å².